The van der Waals surface area contributed by atoms with E-state index in [2.05, 4.69) is 14.9 Å². The molecule has 0 unspecified atom stereocenters. The highest BCUT2D eigenvalue weighted by atomic mass is 16.5. The molecular weight excluding hydrogens is 360 g/mol. The SMILES string of the molecule is COc1ccc(N2CCN(C(=O)c3cc(-c4ccco4)[nH]c(=O)n3)CC2)cc1. The number of methoxy groups -OCH3 is 1. The van der Waals surface area contributed by atoms with E-state index in [1.807, 2.05) is 24.3 Å². The van der Waals surface area contributed by atoms with Crippen LogP contribution in [0.25, 0.3) is 11.5 Å². The van der Waals surface area contributed by atoms with Gasteiger partial charge in [0.15, 0.2) is 0 Å². The van der Waals surface area contributed by atoms with Crippen LogP contribution in [-0.2, 0) is 0 Å². The van der Waals surface area contributed by atoms with Crippen molar-refractivity contribution in [1.29, 1.82) is 0 Å². The van der Waals surface area contributed by atoms with Crippen molar-refractivity contribution in [2.75, 3.05) is 38.2 Å². The van der Waals surface area contributed by atoms with Crippen molar-refractivity contribution >= 4 is 11.6 Å². The van der Waals surface area contributed by atoms with Gasteiger partial charge in [0.1, 0.15) is 17.2 Å². The normalized spacial score (nSPS) is 14.2. The number of carbonyl (C=O) groups excluding carboxylic acids is 1. The highest BCUT2D eigenvalue weighted by Crippen LogP contribution is 2.21. The van der Waals surface area contributed by atoms with Crippen molar-refractivity contribution in [2.24, 2.45) is 0 Å². The molecule has 28 heavy (non-hydrogen) atoms. The van der Waals surface area contributed by atoms with Crippen LogP contribution in [-0.4, -0.2) is 54.1 Å². The van der Waals surface area contributed by atoms with Gasteiger partial charge in [0.05, 0.1) is 19.1 Å². The average Bonchev–Trinajstić information content (AvgIpc) is 3.28. The third kappa shape index (κ3) is 3.62. The number of carbonyl (C=O) groups is 1. The van der Waals surface area contributed by atoms with Gasteiger partial charge in [0.2, 0.25) is 0 Å². The fraction of sp³-hybridized carbons (Fsp3) is 0.250. The lowest BCUT2D eigenvalue weighted by atomic mass is 10.2. The second kappa shape index (κ2) is 7.59. The molecule has 1 saturated heterocycles. The highest BCUT2D eigenvalue weighted by Gasteiger charge is 2.24. The molecule has 1 aliphatic rings. The molecule has 1 aromatic carbocycles. The number of anilines is 1. The number of piperazine rings is 1. The van der Waals surface area contributed by atoms with Crippen molar-refractivity contribution in [3.63, 3.8) is 0 Å². The summed E-state index contributed by atoms with van der Waals surface area (Å²) in [5.41, 5.74) is 1.06. The molecule has 0 spiro atoms. The van der Waals surface area contributed by atoms with Crippen molar-refractivity contribution in [3.05, 3.63) is 64.9 Å². The third-order valence-electron chi connectivity index (χ3n) is 4.75. The molecule has 1 amide bonds. The van der Waals surface area contributed by atoms with Gasteiger partial charge in [-0.15, -0.1) is 0 Å². The van der Waals surface area contributed by atoms with E-state index >= 15 is 0 Å². The summed E-state index contributed by atoms with van der Waals surface area (Å²) in [4.78, 5) is 35.1. The minimum Gasteiger partial charge on any atom is -0.497 e. The molecule has 0 saturated carbocycles. The number of aromatic nitrogens is 2. The zero-order valence-corrected chi connectivity index (χ0v) is 15.4. The van der Waals surface area contributed by atoms with Crippen LogP contribution in [0, 0.1) is 0 Å². The van der Waals surface area contributed by atoms with E-state index in [-0.39, 0.29) is 11.6 Å². The summed E-state index contributed by atoms with van der Waals surface area (Å²) in [6, 6.07) is 12.8. The molecule has 4 rings (SSSR count). The summed E-state index contributed by atoms with van der Waals surface area (Å²) >= 11 is 0. The molecule has 144 valence electrons. The Labute approximate surface area is 161 Å². The Balaban J connectivity index is 1.46. The van der Waals surface area contributed by atoms with E-state index in [0.717, 1.165) is 11.4 Å². The smallest absolute Gasteiger partial charge is 0.346 e. The number of benzene rings is 1. The Morgan fingerprint density at radius 2 is 1.89 bits per heavy atom. The standard InChI is InChI=1S/C20H20N4O4/c1-27-15-6-4-14(5-7-15)23-8-10-24(11-9-23)19(25)17-13-16(21-20(26)22-17)18-3-2-12-28-18/h2-7,12-13H,8-11H2,1H3,(H,21,22,26). The number of nitrogens with one attached hydrogen (secondary N) is 1. The number of hydrogen-bond acceptors (Lipinski definition) is 6. The Bertz CT molecular complexity index is 1000. The molecule has 8 nitrogen and oxygen atoms in total. The number of H-pyrrole nitrogens is 1. The Morgan fingerprint density at radius 3 is 2.54 bits per heavy atom. The van der Waals surface area contributed by atoms with Crippen molar-refractivity contribution < 1.29 is 13.9 Å². The lowest BCUT2D eigenvalue weighted by Crippen LogP contribution is -2.49. The number of nitrogens with zero attached hydrogens (tertiary/aromatic N) is 3. The number of hydrogen-bond donors (Lipinski definition) is 1. The molecule has 3 heterocycles. The minimum absolute atomic E-state index is 0.119. The average molecular weight is 380 g/mol. The van der Waals surface area contributed by atoms with Gasteiger partial charge in [0, 0.05) is 31.9 Å². The fourth-order valence-corrected chi connectivity index (χ4v) is 3.25. The molecule has 0 aliphatic carbocycles. The van der Waals surface area contributed by atoms with E-state index in [0.29, 0.717) is 37.6 Å². The maximum absolute atomic E-state index is 12.8. The van der Waals surface area contributed by atoms with Crippen molar-refractivity contribution in [1.82, 2.24) is 14.9 Å². The van der Waals surface area contributed by atoms with Gasteiger partial charge in [-0.2, -0.15) is 4.98 Å². The quantitative estimate of drug-likeness (QED) is 0.744. The van der Waals surface area contributed by atoms with Crippen LogP contribution in [0.4, 0.5) is 5.69 Å². The summed E-state index contributed by atoms with van der Waals surface area (Å²) < 4.78 is 10.5. The molecule has 0 atom stereocenters. The minimum atomic E-state index is -0.575. The number of aromatic amines is 1. The van der Waals surface area contributed by atoms with Crippen LogP contribution in [0.15, 0.2) is 57.9 Å². The summed E-state index contributed by atoms with van der Waals surface area (Å²) in [6.07, 6.45) is 1.51. The molecule has 1 fully saturated rings. The van der Waals surface area contributed by atoms with Gasteiger partial charge in [-0.05, 0) is 42.5 Å². The number of rotatable bonds is 4. The number of ether oxygens (including phenoxy) is 1. The molecule has 0 bridgehead atoms. The van der Waals surface area contributed by atoms with E-state index < -0.39 is 5.69 Å². The van der Waals surface area contributed by atoms with Crippen molar-refractivity contribution in [2.45, 2.75) is 0 Å². The van der Waals surface area contributed by atoms with Crippen LogP contribution in [0.2, 0.25) is 0 Å². The molecule has 1 aliphatic heterocycles. The second-order valence-electron chi connectivity index (χ2n) is 6.44. The molecule has 3 aromatic rings. The zero-order valence-electron chi connectivity index (χ0n) is 15.4. The first-order valence-electron chi connectivity index (χ1n) is 8.97. The van der Waals surface area contributed by atoms with E-state index in [4.69, 9.17) is 9.15 Å². The van der Waals surface area contributed by atoms with Gasteiger partial charge < -0.3 is 23.9 Å². The summed E-state index contributed by atoms with van der Waals surface area (Å²) in [5, 5.41) is 0. The predicted molar refractivity (Wildman–Crippen MR) is 104 cm³/mol. The van der Waals surface area contributed by atoms with Crippen LogP contribution in [0.3, 0.4) is 0 Å². The monoisotopic (exact) mass is 380 g/mol. The molecule has 0 radical (unpaired) electrons. The topological polar surface area (TPSA) is 91.7 Å². The first-order chi connectivity index (χ1) is 13.6. The Hall–Kier alpha value is -3.55. The lowest BCUT2D eigenvalue weighted by Gasteiger charge is -2.36. The largest absolute Gasteiger partial charge is 0.497 e. The van der Waals surface area contributed by atoms with Gasteiger partial charge >= 0.3 is 5.69 Å². The maximum Gasteiger partial charge on any atom is 0.346 e. The van der Waals surface area contributed by atoms with E-state index in [1.54, 1.807) is 30.2 Å². The van der Waals surface area contributed by atoms with Gasteiger partial charge in [-0.25, -0.2) is 4.79 Å². The summed E-state index contributed by atoms with van der Waals surface area (Å²) in [6.45, 7) is 2.50. The molecule has 2 aromatic heterocycles. The molecular formula is C20H20N4O4. The van der Waals surface area contributed by atoms with E-state index in [1.165, 1.54) is 6.26 Å². The van der Waals surface area contributed by atoms with E-state index in [9.17, 15) is 9.59 Å². The second-order valence-corrected chi connectivity index (χ2v) is 6.44. The Morgan fingerprint density at radius 1 is 1.14 bits per heavy atom. The Kier molecular flexibility index (Phi) is 4.84. The molecule has 8 heteroatoms. The zero-order chi connectivity index (χ0) is 19.5. The summed E-state index contributed by atoms with van der Waals surface area (Å²) in [5.74, 6) is 1.04. The first-order valence-corrected chi connectivity index (χ1v) is 8.97. The van der Waals surface area contributed by atoms with Crippen LogP contribution in [0.5, 0.6) is 5.75 Å². The number of amides is 1. The van der Waals surface area contributed by atoms with Crippen LogP contribution < -0.4 is 15.3 Å². The maximum atomic E-state index is 12.8. The molecule has 1 N–H and O–H groups in total. The van der Waals surface area contributed by atoms with Crippen LogP contribution in [0.1, 0.15) is 10.5 Å². The van der Waals surface area contributed by atoms with Gasteiger partial charge in [-0.3, -0.25) is 4.79 Å². The highest BCUT2D eigenvalue weighted by molar-refractivity contribution is 5.93. The predicted octanol–water partition coefficient (Wildman–Crippen LogP) is 2.00. The van der Waals surface area contributed by atoms with Crippen molar-refractivity contribution in [3.8, 4) is 17.2 Å². The van der Waals surface area contributed by atoms with Gasteiger partial charge in [0.25, 0.3) is 5.91 Å². The van der Waals surface area contributed by atoms with Crippen LogP contribution >= 0.6 is 0 Å². The third-order valence-corrected chi connectivity index (χ3v) is 4.75. The first kappa shape index (κ1) is 17.8. The lowest BCUT2D eigenvalue weighted by molar-refractivity contribution is 0.0740. The number of furan rings is 1. The fourth-order valence-electron chi connectivity index (χ4n) is 3.25. The summed E-state index contributed by atoms with van der Waals surface area (Å²) in [7, 11) is 1.64. The van der Waals surface area contributed by atoms with Gasteiger partial charge in [-0.1, -0.05) is 0 Å².